The molecule has 1 aromatic heterocycles. The van der Waals surface area contributed by atoms with Crippen LogP contribution in [0.25, 0.3) is 0 Å². The predicted molar refractivity (Wildman–Crippen MR) is 72.5 cm³/mol. The summed E-state index contributed by atoms with van der Waals surface area (Å²) in [6, 6.07) is 7.65. The number of benzene rings is 1. The zero-order valence-electron chi connectivity index (χ0n) is 10.3. The second kappa shape index (κ2) is 5.83. The standard InChI is InChI=1S/C14H13FN2OS/c1-9(17)14(11-4-5-19-8-11)18-12-3-2-10(7-16)13(15)6-12/h2-6,8-9,14H,17H2,1H3. The molecule has 1 aromatic carbocycles. The van der Waals surface area contributed by atoms with Gasteiger partial charge in [0.25, 0.3) is 0 Å². The summed E-state index contributed by atoms with van der Waals surface area (Å²) in [5.74, 6) is -0.223. The molecule has 2 N–H and O–H groups in total. The molecule has 2 aromatic rings. The maximum absolute atomic E-state index is 13.5. The van der Waals surface area contributed by atoms with Crippen LogP contribution >= 0.6 is 11.3 Å². The van der Waals surface area contributed by atoms with E-state index in [1.165, 1.54) is 12.1 Å². The number of nitrogens with two attached hydrogens (primary N) is 1. The lowest BCUT2D eigenvalue weighted by Crippen LogP contribution is -2.28. The van der Waals surface area contributed by atoms with Gasteiger partial charge in [-0.1, -0.05) is 0 Å². The Morgan fingerprint density at radius 3 is 2.74 bits per heavy atom. The first-order chi connectivity index (χ1) is 9.11. The monoisotopic (exact) mass is 276 g/mol. The van der Waals surface area contributed by atoms with E-state index in [1.807, 2.05) is 23.8 Å². The van der Waals surface area contributed by atoms with Crippen molar-refractivity contribution in [3.8, 4) is 11.8 Å². The molecule has 0 saturated heterocycles. The van der Waals surface area contributed by atoms with E-state index < -0.39 is 5.82 Å². The molecule has 0 bridgehead atoms. The van der Waals surface area contributed by atoms with Crippen molar-refractivity contribution < 1.29 is 9.13 Å². The number of thiophene rings is 1. The molecule has 0 amide bonds. The number of ether oxygens (including phenoxy) is 1. The van der Waals surface area contributed by atoms with Gasteiger partial charge in [-0.25, -0.2) is 4.39 Å². The highest BCUT2D eigenvalue weighted by Gasteiger charge is 2.19. The molecule has 2 rings (SSSR count). The van der Waals surface area contributed by atoms with Crippen LogP contribution in [0.1, 0.15) is 24.2 Å². The summed E-state index contributed by atoms with van der Waals surface area (Å²) < 4.78 is 19.2. The first-order valence-electron chi connectivity index (χ1n) is 5.76. The van der Waals surface area contributed by atoms with Crippen molar-refractivity contribution in [2.75, 3.05) is 0 Å². The molecule has 0 radical (unpaired) electrons. The van der Waals surface area contributed by atoms with E-state index >= 15 is 0 Å². The van der Waals surface area contributed by atoms with Gasteiger partial charge in [0.2, 0.25) is 0 Å². The molecule has 0 aliphatic heterocycles. The number of hydrogen-bond acceptors (Lipinski definition) is 4. The maximum Gasteiger partial charge on any atom is 0.144 e. The van der Waals surface area contributed by atoms with E-state index in [9.17, 15) is 4.39 Å². The number of hydrogen-bond donors (Lipinski definition) is 1. The molecule has 2 unspecified atom stereocenters. The summed E-state index contributed by atoms with van der Waals surface area (Å²) in [4.78, 5) is 0. The molecule has 0 spiro atoms. The first kappa shape index (κ1) is 13.5. The van der Waals surface area contributed by atoms with Crippen LogP contribution in [0.4, 0.5) is 4.39 Å². The van der Waals surface area contributed by atoms with Gasteiger partial charge >= 0.3 is 0 Å². The lowest BCUT2D eigenvalue weighted by atomic mass is 10.1. The zero-order chi connectivity index (χ0) is 13.8. The normalized spacial score (nSPS) is 13.6. The van der Waals surface area contributed by atoms with Crippen LogP contribution in [0.2, 0.25) is 0 Å². The van der Waals surface area contributed by atoms with Gasteiger partial charge in [0.15, 0.2) is 0 Å². The van der Waals surface area contributed by atoms with Gasteiger partial charge in [-0.3, -0.25) is 0 Å². The Bertz CT molecular complexity index is 590. The molecule has 5 heteroatoms. The molecule has 3 nitrogen and oxygen atoms in total. The van der Waals surface area contributed by atoms with Gasteiger partial charge in [0.1, 0.15) is 23.7 Å². The summed E-state index contributed by atoms with van der Waals surface area (Å²) in [6.07, 6.45) is -0.335. The van der Waals surface area contributed by atoms with Gasteiger partial charge in [0, 0.05) is 17.7 Å². The largest absolute Gasteiger partial charge is 0.484 e. The molecule has 0 aliphatic carbocycles. The smallest absolute Gasteiger partial charge is 0.144 e. The highest BCUT2D eigenvalue weighted by atomic mass is 32.1. The average molecular weight is 276 g/mol. The van der Waals surface area contributed by atoms with Crippen molar-refractivity contribution >= 4 is 11.3 Å². The Labute approximate surface area is 115 Å². The van der Waals surface area contributed by atoms with Crippen LogP contribution in [0, 0.1) is 17.1 Å². The molecular formula is C14H13FN2OS. The molecule has 2 atom stereocenters. The number of nitriles is 1. The highest BCUT2D eigenvalue weighted by Crippen LogP contribution is 2.26. The van der Waals surface area contributed by atoms with E-state index in [0.29, 0.717) is 5.75 Å². The van der Waals surface area contributed by atoms with Crippen LogP contribution in [0.5, 0.6) is 5.75 Å². The van der Waals surface area contributed by atoms with Gasteiger partial charge in [-0.15, -0.1) is 0 Å². The van der Waals surface area contributed by atoms with E-state index in [-0.39, 0.29) is 17.7 Å². The Morgan fingerprint density at radius 1 is 1.42 bits per heavy atom. The molecule has 19 heavy (non-hydrogen) atoms. The first-order valence-corrected chi connectivity index (χ1v) is 6.70. The molecule has 0 saturated carbocycles. The zero-order valence-corrected chi connectivity index (χ0v) is 11.2. The van der Waals surface area contributed by atoms with E-state index in [0.717, 1.165) is 5.56 Å². The van der Waals surface area contributed by atoms with Crippen LogP contribution in [-0.2, 0) is 0 Å². The van der Waals surface area contributed by atoms with Crippen LogP contribution < -0.4 is 10.5 Å². The molecule has 1 heterocycles. The molecule has 0 aliphatic rings. The van der Waals surface area contributed by atoms with Gasteiger partial charge < -0.3 is 10.5 Å². The summed E-state index contributed by atoms with van der Waals surface area (Å²) in [6.45, 7) is 1.84. The third-order valence-corrected chi connectivity index (χ3v) is 3.37. The van der Waals surface area contributed by atoms with Crippen molar-refractivity contribution in [1.29, 1.82) is 5.26 Å². The lowest BCUT2D eigenvalue weighted by Gasteiger charge is -2.21. The minimum Gasteiger partial charge on any atom is -0.484 e. The topological polar surface area (TPSA) is 59.0 Å². The second-order valence-electron chi connectivity index (χ2n) is 4.21. The second-order valence-corrected chi connectivity index (χ2v) is 4.99. The number of rotatable bonds is 4. The third-order valence-electron chi connectivity index (χ3n) is 2.67. The quantitative estimate of drug-likeness (QED) is 0.932. The van der Waals surface area contributed by atoms with Crippen molar-refractivity contribution in [2.45, 2.75) is 19.1 Å². The SMILES string of the molecule is CC(N)C(Oc1ccc(C#N)c(F)c1)c1ccsc1. The Kier molecular flexibility index (Phi) is 4.15. The Balaban J connectivity index is 2.23. The minimum atomic E-state index is -0.589. The van der Waals surface area contributed by atoms with Crippen LogP contribution in [0.15, 0.2) is 35.0 Å². The molecule has 98 valence electrons. The average Bonchev–Trinajstić information content (AvgIpc) is 2.89. The highest BCUT2D eigenvalue weighted by molar-refractivity contribution is 7.07. The van der Waals surface area contributed by atoms with Crippen LogP contribution in [-0.4, -0.2) is 6.04 Å². The Morgan fingerprint density at radius 2 is 2.21 bits per heavy atom. The fourth-order valence-electron chi connectivity index (χ4n) is 1.72. The predicted octanol–water partition coefficient (Wildman–Crippen LogP) is 3.23. The van der Waals surface area contributed by atoms with Crippen LogP contribution in [0.3, 0.4) is 0 Å². The summed E-state index contributed by atoms with van der Waals surface area (Å²) in [7, 11) is 0. The van der Waals surface area contributed by atoms with Crippen molar-refractivity contribution in [2.24, 2.45) is 5.73 Å². The number of halogens is 1. The summed E-state index contributed by atoms with van der Waals surface area (Å²) in [5.41, 5.74) is 6.87. The summed E-state index contributed by atoms with van der Waals surface area (Å²) >= 11 is 1.55. The van der Waals surface area contributed by atoms with Gasteiger partial charge in [0.05, 0.1) is 5.56 Å². The van der Waals surface area contributed by atoms with E-state index in [1.54, 1.807) is 23.5 Å². The van der Waals surface area contributed by atoms with Crippen molar-refractivity contribution in [1.82, 2.24) is 0 Å². The van der Waals surface area contributed by atoms with Gasteiger partial charge in [-0.2, -0.15) is 16.6 Å². The van der Waals surface area contributed by atoms with E-state index in [2.05, 4.69) is 0 Å². The third kappa shape index (κ3) is 3.11. The minimum absolute atomic E-state index is 0.000213. The molecule has 0 fully saturated rings. The Hall–Kier alpha value is -1.90. The van der Waals surface area contributed by atoms with Crippen molar-refractivity contribution in [3.63, 3.8) is 0 Å². The fraction of sp³-hybridized carbons (Fsp3) is 0.214. The fourth-order valence-corrected chi connectivity index (χ4v) is 2.41. The maximum atomic E-state index is 13.5. The van der Waals surface area contributed by atoms with Crippen molar-refractivity contribution in [3.05, 3.63) is 52.0 Å². The van der Waals surface area contributed by atoms with Gasteiger partial charge in [-0.05, 0) is 35.9 Å². The molecular weight excluding hydrogens is 263 g/mol. The van der Waals surface area contributed by atoms with E-state index in [4.69, 9.17) is 15.7 Å². The summed E-state index contributed by atoms with van der Waals surface area (Å²) in [5, 5.41) is 12.6. The number of nitrogens with zero attached hydrogens (tertiary/aromatic N) is 1. The lowest BCUT2D eigenvalue weighted by molar-refractivity contribution is 0.180.